The zero-order valence-corrected chi connectivity index (χ0v) is 16.2. The zero-order valence-electron chi connectivity index (χ0n) is 16.2. The Hall–Kier alpha value is -3.88. The number of rotatable bonds is 3. The third-order valence-corrected chi connectivity index (χ3v) is 5.30. The number of carbonyl (C=O) groups is 1. The second-order valence-corrected chi connectivity index (χ2v) is 7.29. The lowest BCUT2D eigenvalue weighted by atomic mass is 10.1. The number of tetrazole rings is 1. The maximum atomic E-state index is 12.9. The molecule has 0 saturated carbocycles. The quantitative estimate of drug-likeness (QED) is 0.565. The first-order chi connectivity index (χ1) is 14.7. The molecule has 2 aromatic heterocycles. The number of fused-ring (bicyclic) bond motifs is 2. The van der Waals surface area contributed by atoms with Crippen LogP contribution in [-0.4, -0.2) is 35.7 Å². The highest BCUT2D eigenvalue weighted by Crippen LogP contribution is 2.18. The molecule has 1 N–H and O–H groups in total. The average molecular weight is 401 g/mol. The summed E-state index contributed by atoms with van der Waals surface area (Å²) in [5.41, 5.74) is 2.32. The van der Waals surface area contributed by atoms with E-state index in [1.807, 2.05) is 12.1 Å². The van der Waals surface area contributed by atoms with E-state index in [-0.39, 0.29) is 11.5 Å². The number of amides is 1. The summed E-state index contributed by atoms with van der Waals surface area (Å²) in [6.45, 7) is 0.705. The van der Waals surface area contributed by atoms with Crippen LogP contribution in [-0.2, 0) is 13.0 Å². The number of hydrogen-bond acceptors (Lipinski definition) is 6. The number of benzene rings is 2. The Labute approximate surface area is 171 Å². The third-order valence-electron chi connectivity index (χ3n) is 5.30. The number of nitrogens with zero attached hydrogens (tertiary/aromatic N) is 6. The molecule has 0 atom stereocenters. The molecule has 1 aliphatic heterocycles. The molecule has 0 bridgehead atoms. The van der Waals surface area contributed by atoms with Crippen molar-refractivity contribution in [2.75, 3.05) is 5.32 Å². The molecule has 9 heteroatoms. The van der Waals surface area contributed by atoms with Crippen LogP contribution in [0.2, 0.25) is 0 Å². The molecule has 2 aromatic carbocycles. The van der Waals surface area contributed by atoms with E-state index < -0.39 is 0 Å². The topological polar surface area (TPSA) is 108 Å². The van der Waals surface area contributed by atoms with E-state index in [9.17, 15) is 9.59 Å². The normalized spacial score (nSPS) is 13.6. The van der Waals surface area contributed by atoms with Gasteiger partial charge in [-0.1, -0.05) is 12.5 Å². The highest BCUT2D eigenvalue weighted by molar-refractivity contribution is 6.06. The largest absolute Gasteiger partial charge is 0.322 e. The Balaban J connectivity index is 1.45. The molecule has 150 valence electrons. The average Bonchev–Trinajstić information content (AvgIpc) is 3.20. The summed E-state index contributed by atoms with van der Waals surface area (Å²) >= 11 is 0. The van der Waals surface area contributed by atoms with Crippen LogP contribution in [0.4, 0.5) is 5.69 Å². The van der Waals surface area contributed by atoms with Gasteiger partial charge < -0.3 is 5.32 Å². The van der Waals surface area contributed by atoms with Crippen LogP contribution in [0.15, 0.2) is 53.6 Å². The second kappa shape index (κ2) is 7.51. The molecule has 4 aromatic rings. The molecule has 0 fully saturated rings. The fraction of sp³-hybridized carbons (Fsp3) is 0.238. The molecule has 1 amide bonds. The van der Waals surface area contributed by atoms with Crippen molar-refractivity contribution in [2.24, 2.45) is 0 Å². The van der Waals surface area contributed by atoms with Crippen molar-refractivity contribution in [3.63, 3.8) is 0 Å². The van der Waals surface area contributed by atoms with Gasteiger partial charge in [0.05, 0.1) is 16.6 Å². The van der Waals surface area contributed by atoms with Crippen molar-refractivity contribution in [2.45, 2.75) is 32.2 Å². The van der Waals surface area contributed by atoms with Crippen molar-refractivity contribution in [3.05, 3.63) is 70.5 Å². The van der Waals surface area contributed by atoms with Gasteiger partial charge in [-0.2, -0.15) is 0 Å². The zero-order chi connectivity index (χ0) is 20.5. The van der Waals surface area contributed by atoms with Crippen molar-refractivity contribution in [3.8, 4) is 5.69 Å². The lowest BCUT2D eigenvalue weighted by Gasteiger charge is -2.11. The highest BCUT2D eigenvalue weighted by Gasteiger charge is 2.15. The summed E-state index contributed by atoms with van der Waals surface area (Å²) < 4.78 is 3.29. The van der Waals surface area contributed by atoms with Gasteiger partial charge in [-0.25, -0.2) is 9.67 Å². The van der Waals surface area contributed by atoms with E-state index in [0.29, 0.717) is 28.7 Å². The number of hydrogen-bond donors (Lipinski definition) is 1. The van der Waals surface area contributed by atoms with Gasteiger partial charge in [0.1, 0.15) is 12.2 Å². The maximum Gasteiger partial charge on any atom is 0.261 e. The van der Waals surface area contributed by atoms with Crippen molar-refractivity contribution >= 4 is 22.5 Å². The predicted octanol–water partition coefficient (Wildman–Crippen LogP) is 2.35. The van der Waals surface area contributed by atoms with Gasteiger partial charge in [-0.05, 0) is 59.7 Å². The number of aromatic nitrogens is 6. The smallest absolute Gasteiger partial charge is 0.261 e. The minimum absolute atomic E-state index is 0.0296. The molecule has 5 rings (SSSR count). The van der Waals surface area contributed by atoms with Crippen LogP contribution >= 0.6 is 0 Å². The van der Waals surface area contributed by atoms with E-state index in [4.69, 9.17) is 4.98 Å². The van der Waals surface area contributed by atoms with Gasteiger partial charge in [0, 0.05) is 24.2 Å². The van der Waals surface area contributed by atoms with Crippen LogP contribution < -0.4 is 10.9 Å². The lowest BCUT2D eigenvalue weighted by molar-refractivity contribution is 0.102. The summed E-state index contributed by atoms with van der Waals surface area (Å²) in [5.74, 6) is 0.527. The number of nitrogens with one attached hydrogen (secondary N) is 1. The first-order valence-electron chi connectivity index (χ1n) is 9.87. The molecule has 30 heavy (non-hydrogen) atoms. The molecule has 9 nitrogen and oxygen atoms in total. The molecule has 0 aliphatic carbocycles. The fourth-order valence-corrected chi connectivity index (χ4v) is 3.77. The van der Waals surface area contributed by atoms with E-state index in [0.717, 1.165) is 37.2 Å². The van der Waals surface area contributed by atoms with Crippen LogP contribution in [0.25, 0.3) is 16.6 Å². The standard InChI is InChI=1S/C21H19N7O2/c29-20(23-15-5-4-6-16(12-15)28-13-22-25-26-28)14-8-9-17-18(11-14)24-19-7-2-1-3-10-27(19)21(17)30/h4-6,8-9,11-13H,1-3,7,10H2,(H,23,29). The van der Waals surface area contributed by atoms with Gasteiger partial charge >= 0.3 is 0 Å². The summed E-state index contributed by atoms with van der Waals surface area (Å²) in [7, 11) is 0. The molecule has 0 unspecified atom stereocenters. The Kier molecular flexibility index (Phi) is 4.55. The van der Waals surface area contributed by atoms with Gasteiger partial charge in [-0.3, -0.25) is 14.2 Å². The number of carbonyl (C=O) groups excluding carboxylic acids is 1. The van der Waals surface area contributed by atoms with Gasteiger partial charge in [0.15, 0.2) is 0 Å². The van der Waals surface area contributed by atoms with Crippen LogP contribution in [0.1, 0.15) is 35.4 Å². The Morgan fingerprint density at radius 3 is 2.87 bits per heavy atom. The van der Waals surface area contributed by atoms with Crippen LogP contribution in [0.5, 0.6) is 0 Å². The molecule has 0 spiro atoms. The van der Waals surface area contributed by atoms with E-state index in [1.165, 1.54) is 11.0 Å². The first-order valence-corrected chi connectivity index (χ1v) is 9.87. The monoisotopic (exact) mass is 401 g/mol. The summed E-state index contributed by atoms with van der Waals surface area (Å²) in [6, 6.07) is 12.3. The van der Waals surface area contributed by atoms with Crippen molar-refractivity contribution in [1.29, 1.82) is 0 Å². The van der Waals surface area contributed by atoms with Crippen molar-refractivity contribution in [1.82, 2.24) is 29.8 Å². The maximum absolute atomic E-state index is 12.9. The SMILES string of the molecule is O=C(Nc1cccc(-n2cnnn2)c1)c1ccc2c(=O)n3c(nc2c1)CCCCC3. The summed E-state index contributed by atoms with van der Waals surface area (Å²) in [6.07, 6.45) is 5.37. The fourth-order valence-electron chi connectivity index (χ4n) is 3.77. The molecule has 0 saturated heterocycles. The second-order valence-electron chi connectivity index (χ2n) is 7.29. The predicted molar refractivity (Wildman–Crippen MR) is 111 cm³/mol. The van der Waals surface area contributed by atoms with Gasteiger partial charge in [-0.15, -0.1) is 5.10 Å². The molecular weight excluding hydrogens is 382 g/mol. The minimum Gasteiger partial charge on any atom is -0.322 e. The summed E-state index contributed by atoms with van der Waals surface area (Å²) in [4.78, 5) is 30.4. The highest BCUT2D eigenvalue weighted by atomic mass is 16.1. The Morgan fingerprint density at radius 1 is 1.07 bits per heavy atom. The van der Waals surface area contributed by atoms with Crippen molar-refractivity contribution < 1.29 is 4.79 Å². The van der Waals surface area contributed by atoms with Gasteiger partial charge in [0.25, 0.3) is 11.5 Å². The number of aryl methyl sites for hydroxylation is 1. The lowest BCUT2D eigenvalue weighted by Crippen LogP contribution is -2.24. The van der Waals surface area contributed by atoms with E-state index in [2.05, 4.69) is 20.8 Å². The molecule has 0 radical (unpaired) electrons. The molecule has 3 heterocycles. The van der Waals surface area contributed by atoms with E-state index >= 15 is 0 Å². The molecular formula is C21H19N7O2. The summed E-state index contributed by atoms with van der Waals surface area (Å²) in [5, 5.41) is 14.5. The van der Waals surface area contributed by atoms with Crippen LogP contribution in [0.3, 0.4) is 0 Å². The minimum atomic E-state index is -0.275. The first kappa shape index (κ1) is 18.2. The Bertz CT molecular complexity index is 1290. The van der Waals surface area contributed by atoms with E-state index in [1.54, 1.807) is 34.9 Å². The van der Waals surface area contributed by atoms with Gasteiger partial charge in [0.2, 0.25) is 0 Å². The van der Waals surface area contributed by atoms with Crippen LogP contribution in [0, 0.1) is 0 Å². The Morgan fingerprint density at radius 2 is 2.00 bits per heavy atom. The third kappa shape index (κ3) is 3.34. The number of anilines is 1. The molecule has 1 aliphatic rings.